The van der Waals surface area contributed by atoms with Gasteiger partial charge in [-0.2, -0.15) is 11.8 Å². The molecule has 0 aromatic heterocycles. The van der Waals surface area contributed by atoms with Crippen molar-refractivity contribution in [3.63, 3.8) is 0 Å². The van der Waals surface area contributed by atoms with Crippen LogP contribution in [0.25, 0.3) is 0 Å². The first-order valence-electron chi connectivity index (χ1n) is 6.53. The van der Waals surface area contributed by atoms with Gasteiger partial charge in [-0.1, -0.05) is 13.8 Å². The molecule has 0 aromatic carbocycles. The first-order chi connectivity index (χ1) is 7.63. The third-order valence-corrected chi connectivity index (χ3v) is 5.09. The van der Waals surface area contributed by atoms with E-state index in [0.29, 0.717) is 11.8 Å². The second-order valence-corrected chi connectivity index (χ2v) is 6.86. The largest absolute Gasteiger partial charge is 0.393 e. The Kier molecular flexibility index (Phi) is 4.20. The smallest absolute Gasteiger partial charge is 0.0701 e. The van der Waals surface area contributed by atoms with Crippen molar-refractivity contribution >= 4 is 11.8 Å². The summed E-state index contributed by atoms with van der Waals surface area (Å²) in [6.07, 6.45) is 4.33. The highest BCUT2D eigenvalue weighted by atomic mass is 32.2. The third kappa shape index (κ3) is 2.74. The summed E-state index contributed by atoms with van der Waals surface area (Å²) in [7, 11) is 0. The topological polar surface area (TPSA) is 29.5 Å². The Balaban J connectivity index is 1.97. The molecule has 2 rings (SSSR count). The maximum absolute atomic E-state index is 10.2. The van der Waals surface area contributed by atoms with Crippen LogP contribution in [0.5, 0.6) is 0 Å². The first-order valence-corrected chi connectivity index (χ1v) is 7.68. The fourth-order valence-electron chi connectivity index (χ4n) is 2.99. The molecule has 0 aromatic rings. The number of thioether (sulfide) groups is 1. The van der Waals surface area contributed by atoms with E-state index in [-0.39, 0.29) is 11.7 Å². The highest BCUT2D eigenvalue weighted by Gasteiger charge is 2.41. The summed E-state index contributed by atoms with van der Waals surface area (Å²) in [5, 5.41) is 10.2. The average molecular weight is 244 g/mol. The minimum atomic E-state index is -0.143. The van der Waals surface area contributed by atoms with E-state index in [0.717, 1.165) is 19.4 Å². The molecule has 16 heavy (non-hydrogen) atoms. The molecule has 3 heteroatoms. The van der Waals surface area contributed by atoms with Crippen molar-refractivity contribution in [3.05, 3.63) is 0 Å². The SMILES string of the molecule is CC(C)C(O)C1CCOC2(CCSCC2)C1. The molecule has 1 spiro atoms. The molecule has 2 heterocycles. The molecular formula is C13H24O2S. The van der Waals surface area contributed by atoms with Crippen LogP contribution in [0, 0.1) is 11.8 Å². The molecule has 0 radical (unpaired) electrons. The van der Waals surface area contributed by atoms with Crippen LogP contribution in [0.3, 0.4) is 0 Å². The van der Waals surface area contributed by atoms with Gasteiger partial charge in [-0.3, -0.25) is 0 Å². The van der Waals surface area contributed by atoms with E-state index in [9.17, 15) is 5.11 Å². The van der Waals surface area contributed by atoms with E-state index in [4.69, 9.17) is 4.74 Å². The number of aliphatic hydroxyl groups excluding tert-OH is 1. The van der Waals surface area contributed by atoms with Crippen molar-refractivity contribution in [2.75, 3.05) is 18.1 Å². The molecule has 2 unspecified atom stereocenters. The lowest BCUT2D eigenvalue weighted by Gasteiger charge is -2.45. The maximum atomic E-state index is 10.2. The lowest BCUT2D eigenvalue weighted by Crippen LogP contribution is -2.46. The summed E-state index contributed by atoms with van der Waals surface area (Å²) in [4.78, 5) is 0. The van der Waals surface area contributed by atoms with E-state index < -0.39 is 0 Å². The Bertz CT molecular complexity index is 218. The van der Waals surface area contributed by atoms with Gasteiger partial charge in [0.1, 0.15) is 0 Å². The van der Waals surface area contributed by atoms with Crippen LogP contribution in [0.4, 0.5) is 0 Å². The lowest BCUT2D eigenvalue weighted by atomic mass is 9.77. The van der Waals surface area contributed by atoms with Gasteiger partial charge in [0, 0.05) is 6.61 Å². The van der Waals surface area contributed by atoms with E-state index in [1.807, 2.05) is 11.8 Å². The number of rotatable bonds is 2. The molecular weight excluding hydrogens is 220 g/mol. The Morgan fingerprint density at radius 3 is 2.62 bits per heavy atom. The summed E-state index contributed by atoms with van der Waals surface area (Å²) in [5.74, 6) is 3.28. The van der Waals surface area contributed by atoms with E-state index >= 15 is 0 Å². The van der Waals surface area contributed by atoms with Gasteiger partial charge in [0.15, 0.2) is 0 Å². The molecule has 2 saturated heterocycles. The minimum Gasteiger partial charge on any atom is -0.393 e. The minimum absolute atomic E-state index is 0.115. The van der Waals surface area contributed by atoms with Gasteiger partial charge in [0.25, 0.3) is 0 Å². The summed E-state index contributed by atoms with van der Waals surface area (Å²) < 4.78 is 6.04. The van der Waals surface area contributed by atoms with Crippen molar-refractivity contribution in [1.82, 2.24) is 0 Å². The van der Waals surface area contributed by atoms with Crippen LogP contribution in [-0.4, -0.2) is 34.9 Å². The van der Waals surface area contributed by atoms with Gasteiger partial charge in [-0.25, -0.2) is 0 Å². The molecule has 1 N–H and O–H groups in total. The Hall–Kier alpha value is 0.270. The van der Waals surface area contributed by atoms with Crippen LogP contribution >= 0.6 is 11.8 Å². The zero-order valence-corrected chi connectivity index (χ0v) is 11.3. The van der Waals surface area contributed by atoms with Crippen molar-refractivity contribution in [2.24, 2.45) is 11.8 Å². The van der Waals surface area contributed by atoms with Gasteiger partial charge in [0.2, 0.25) is 0 Å². The first kappa shape index (κ1) is 12.7. The molecule has 0 bridgehead atoms. The van der Waals surface area contributed by atoms with Crippen LogP contribution in [0.1, 0.15) is 39.5 Å². The summed E-state index contributed by atoms with van der Waals surface area (Å²) >= 11 is 2.04. The maximum Gasteiger partial charge on any atom is 0.0701 e. The molecule has 2 atom stereocenters. The van der Waals surface area contributed by atoms with Crippen molar-refractivity contribution in [3.8, 4) is 0 Å². The number of hydrogen-bond donors (Lipinski definition) is 1. The van der Waals surface area contributed by atoms with Gasteiger partial charge < -0.3 is 9.84 Å². The number of ether oxygens (including phenoxy) is 1. The van der Waals surface area contributed by atoms with E-state index in [2.05, 4.69) is 13.8 Å². The van der Waals surface area contributed by atoms with E-state index in [1.54, 1.807) is 0 Å². The fraction of sp³-hybridized carbons (Fsp3) is 1.00. The Morgan fingerprint density at radius 1 is 1.31 bits per heavy atom. The Labute approximate surface area is 103 Å². The standard InChI is InChI=1S/C13H24O2S/c1-10(2)12(14)11-3-6-15-13(9-11)4-7-16-8-5-13/h10-12,14H,3-9H2,1-2H3. The second-order valence-electron chi connectivity index (χ2n) is 5.63. The van der Waals surface area contributed by atoms with Crippen LogP contribution in [0.2, 0.25) is 0 Å². The molecule has 2 aliphatic heterocycles. The van der Waals surface area contributed by atoms with Gasteiger partial charge in [-0.05, 0) is 49.0 Å². The molecule has 2 nitrogen and oxygen atoms in total. The fourth-order valence-corrected chi connectivity index (χ4v) is 4.23. The molecule has 94 valence electrons. The van der Waals surface area contributed by atoms with Crippen molar-refractivity contribution < 1.29 is 9.84 Å². The second kappa shape index (κ2) is 5.28. The lowest BCUT2D eigenvalue weighted by molar-refractivity contribution is -0.125. The predicted molar refractivity (Wildman–Crippen MR) is 68.8 cm³/mol. The molecule has 2 fully saturated rings. The number of hydrogen-bond acceptors (Lipinski definition) is 3. The molecule has 2 aliphatic rings. The highest BCUT2D eigenvalue weighted by molar-refractivity contribution is 7.99. The normalized spacial score (nSPS) is 31.9. The summed E-state index contributed by atoms with van der Waals surface area (Å²) in [5.41, 5.74) is 0.115. The monoisotopic (exact) mass is 244 g/mol. The zero-order chi connectivity index (χ0) is 11.6. The predicted octanol–water partition coefficient (Wildman–Crippen LogP) is 2.70. The van der Waals surface area contributed by atoms with Crippen molar-refractivity contribution in [2.45, 2.75) is 51.2 Å². The quantitative estimate of drug-likeness (QED) is 0.810. The van der Waals surface area contributed by atoms with Crippen LogP contribution < -0.4 is 0 Å². The van der Waals surface area contributed by atoms with Gasteiger partial charge >= 0.3 is 0 Å². The van der Waals surface area contributed by atoms with Crippen LogP contribution in [0.15, 0.2) is 0 Å². The summed E-state index contributed by atoms with van der Waals surface area (Å²) in [6.45, 7) is 5.08. The highest BCUT2D eigenvalue weighted by Crippen LogP contribution is 2.41. The summed E-state index contributed by atoms with van der Waals surface area (Å²) in [6, 6.07) is 0. The zero-order valence-electron chi connectivity index (χ0n) is 10.4. The van der Waals surface area contributed by atoms with E-state index in [1.165, 1.54) is 24.3 Å². The van der Waals surface area contributed by atoms with Crippen LogP contribution in [-0.2, 0) is 4.74 Å². The Morgan fingerprint density at radius 2 is 2.00 bits per heavy atom. The third-order valence-electron chi connectivity index (χ3n) is 4.10. The molecule has 0 saturated carbocycles. The van der Waals surface area contributed by atoms with Crippen molar-refractivity contribution in [1.29, 1.82) is 0 Å². The number of aliphatic hydroxyl groups is 1. The van der Waals surface area contributed by atoms with Gasteiger partial charge in [0.05, 0.1) is 11.7 Å². The molecule has 0 amide bonds. The van der Waals surface area contributed by atoms with Gasteiger partial charge in [-0.15, -0.1) is 0 Å². The molecule has 0 aliphatic carbocycles. The average Bonchev–Trinajstić information content (AvgIpc) is 2.29.